The molecule has 1 saturated heterocycles. The molecule has 1 heterocycles. The van der Waals surface area contributed by atoms with E-state index in [2.05, 4.69) is 10.2 Å². The number of phenols is 2. The molecule has 16 heavy (non-hydrogen) atoms. The van der Waals surface area contributed by atoms with Crippen LogP contribution in [-0.2, 0) is 6.42 Å². The third-order valence-corrected chi connectivity index (χ3v) is 2.98. The van der Waals surface area contributed by atoms with Crippen LogP contribution >= 0.6 is 0 Å². The number of nitrogens with zero attached hydrogens (tertiary/aromatic N) is 1. The molecule has 0 radical (unpaired) electrons. The van der Waals surface area contributed by atoms with Gasteiger partial charge in [-0.3, -0.25) is 0 Å². The van der Waals surface area contributed by atoms with Gasteiger partial charge in [-0.2, -0.15) is 0 Å². The summed E-state index contributed by atoms with van der Waals surface area (Å²) in [7, 11) is 0. The molecule has 0 atom stereocenters. The Morgan fingerprint density at radius 2 is 1.94 bits per heavy atom. The Balaban J connectivity index is 1.88. The quantitative estimate of drug-likeness (QED) is 0.699. The molecule has 1 fully saturated rings. The highest BCUT2D eigenvalue weighted by molar-refractivity contribution is 5.39. The molecule has 0 unspecified atom stereocenters. The molecule has 4 nitrogen and oxygen atoms in total. The van der Waals surface area contributed by atoms with E-state index in [1.54, 1.807) is 12.1 Å². The van der Waals surface area contributed by atoms with Crippen molar-refractivity contribution in [3.8, 4) is 11.5 Å². The second-order valence-electron chi connectivity index (χ2n) is 4.15. The molecule has 88 valence electrons. The van der Waals surface area contributed by atoms with Gasteiger partial charge in [0.25, 0.3) is 0 Å². The lowest BCUT2D eigenvalue weighted by Gasteiger charge is -2.27. The lowest BCUT2D eigenvalue weighted by molar-refractivity contribution is 0.243. The van der Waals surface area contributed by atoms with Crippen molar-refractivity contribution in [2.24, 2.45) is 0 Å². The number of hydrogen-bond acceptors (Lipinski definition) is 4. The van der Waals surface area contributed by atoms with E-state index in [1.165, 1.54) is 6.07 Å². The van der Waals surface area contributed by atoms with Crippen molar-refractivity contribution >= 4 is 0 Å². The fourth-order valence-corrected chi connectivity index (χ4v) is 1.98. The summed E-state index contributed by atoms with van der Waals surface area (Å²) in [6.45, 7) is 5.18. The molecular weight excluding hydrogens is 204 g/mol. The number of rotatable bonds is 3. The Morgan fingerprint density at radius 3 is 2.62 bits per heavy atom. The van der Waals surface area contributed by atoms with E-state index in [1.807, 2.05) is 0 Å². The Hall–Kier alpha value is -1.26. The summed E-state index contributed by atoms with van der Waals surface area (Å²) < 4.78 is 0. The van der Waals surface area contributed by atoms with Gasteiger partial charge < -0.3 is 20.4 Å². The van der Waals surface area contributed by atoms with E-state index in [-0.39, 0.29) is 11.5 Å². The zero-order valence-electron chi connectivity index (χ0n) is 9.32. The van der Waals surface area contributed by atoms with Gasteiger partial charge in [0.15, 0.2) is 0 Å². The minimum atomic E-state index is 0.114. The molecule has 3 N–H and O–H groups in total. The highest BCUT2D eigenvalue weighted by atomic mass is 16.3. The van der Waals surface area contributed by atoms with Crippen LogP contribution in [0.25, 0.3) is 0 Å². The van der Waals surface area contributed by atoms with E-state index in [4.69, 9.17) is 0 Å². The Kier molecular flexibility index (Phi) is 3.64. The van der Waals surface area contributed by atoms with Gasteiger partial charge >= 0.3 is 0 Å². The number of nitrogens with one attached hydrogen (secondary N) is 1. The van der Waals surface area contributed by atoms with Crippen molar-refractivity contribution < 1.29 is 10.2 Å². The van der Waals surface area contributed by atoms with Crippen LogP contribution < -0.4 is 5.32 Å². The third kappa shape index (κ3) is 2.87. The molecule has 0 saturated carbocycles. The predicted molar refractivity (Wildman–Crippen MR) is 62.8 cm³/mol. The van der Waals surface area contributed by atoms with Crippen LogP contribution in [0.15, 0.2) is 18.2 Å². The summed E-state index contributed by atoms with van der Waals surface area (Å²) in [4.78, 5) is 2.38. The Bertz CT molecular complexity index is 349. The highest BCUT2D eigenvalue weighted by Gasteiger charge is 2.10. The van der Waals surface area contributed by atoms with E-state index in [0.29, 0.717) is 0 Å². The fraction of sp³-hybridized carbons (Fsp3) is 0.500. The van der Waals surface area contributed by atoms with Crippen molar-refractivity contribution in [2.75, 3.05) is 32.7 Å². The molecule has 0 spiro atoms. The van der Waals surface area contributed by atoms with Gasteiger partial charge in [-0.15, -0.1) is 0 Å². The van der Waals surface area contributed by atoms with Gasteiger partial charge in [-0.05, 0) is 18.1 Å². The van der Waals surface area contributed by atoms with Gasteiger partial charge in [0.1, 0.15) is 11.5 Å². The Labute approximate surface area is 95.5 Å². The van der Waals surface area contributed by atoms with Crippen molar-refractivity contribution in [1.29, 1.82) is 0 Å². The first-order chi connectivity index (χ1) is 7.75. The van der Waals surface area contributed by atoms with Gasteiger partial charge in [-0.25, -0.2) is 0 Å². The fourth-order valence-electron chi connectivity index (χ4n) is 1.98. The molecule has 0 amide bonds. The number of benzene rings is 1. The molecule has 0 aliphatic carbocycles. The summed E-state index contributed by atoms with van der Waals surface area (Å²) in [5.41, 5.74) is 0.899. The lowest BCUT2D eigenvalue weighted by Crippen LogP contribution is -2.44. The summed E-state index contributed by atoms with van der Waals surface area (Å²) in [6.07, 6.45) is 0.826. The first-order valence-electron chi connectivity index (χ1n) is 5.69. The normalized spacial score (nSPS) is 17.5. The minimum Gasteiger partial charge on any atom is -0.508 e. The van der Waals surface area contributed by atoms with E-state index >= 15 is 0 Å². The maximum absolute atomic E-state index is 9.63. The van der Waals surface area contributed by atoms with Crippen LogP contribution in [0.2, 0.25) is 0 Å². The first-order valence-corrected chi connectivity index (χ1v) is 5.69. The predicted octanol–water partition coefficient (Wildman–Crippen LogP) is 0.545. The molecular formula is C12H18N2O2. The molecule has 0 bridgehead atoms. The molecule has 4 heteroatoms. The third-order valence-electron chi connectivity index (χ3n) is 2.98. The van der Waals surface area contributed by atoms with Crippen molar-refractivity contribution in [2.45, 2.75) is 6.42 Å². The second-order valence-corrected chi connectivity index (χ2v) is 4.15. The Morgan fingerprint density at radius 1 is 1.19 bits per heavy atom. The number of aromatic hydroxyl groups is 2. The minimum absolute atomic E-state index is 0.114. The maximum Gasteiger partial charge on any atom is 0.122 e. The molecule has 2 rings (SSSR count). The van der Waals surface area contributed by atoms with Crippen LogP contribution in [0.1, 0.15) is 5.56 Å². The standard InChI is InChI=1S/C12H18N2O2/c15-11-2-1-10(12(16)9-11)3-6-14-7-4-13-5-8-14/h1-2,9,13,15-16H,3-8H2. The maximum atomic E-state index is 9.63. The van der Waals surface area contributed by atoms with Crippen LogP contribution in [0, 0.1) is 0 Å². The van der Waals surface area contributed by atoms with Crippen LogP contribution in [-0.4, -0.2) is 47.8 Å². The average molecular weight is 222 g/mol. The second kappa shape index (κ2) is 5.18. The molecule has 1 aromatic rings. The van der Waals surface area contributed by atoms with Crippen LogP contribution in [0.3, 0.4) is 0 Å². The molecule has 1 aromatic carbocycles. The summed E-state index contributed by atoms with van der Waals surface area (Å²) >= 11 is 0. The van der Waals surface area contributed by atoms with Gasteiger partial charge in [0.2, 0.25) is 0 Å². The zero-order valence-corrected chi connectivity index (χ0v) is 9.32. The van der Waals surface area contributed by atoms with Crippen molar-refractivity contribution in [3.63, 3.8) is 0 Å². The monoisotopic (exact) mass is 222 g/mol. The van der Waals surface area contributed by atoms with E-state index in [9.17, 15) is 10.2 Å². The zero-order chi connectivity index (χ0) is 11.4. The largest absolute Gasteiger partial charge is 0.508 e. The van der Waals surface area contributed by atoms with Gasteiger partial charge in [-0.1, -0.05) is 6.07 Å². The lowest BCUT2D eigenvalue weighted by atomic mass is 10.1. The van der Waals surface area contributed by atoms with Crippen LogP contribution in [0.4, 0.5) is 0 Å². The number of hydrogen-bond donors (Lipinski definition) is 3. The van der Waals surface area contributed by atoms with Crippen molar-refractivity contribution in [1.82, 2.24) is 10.2 Å². The van der Waals surface area contributed by atoms with Gasteiger partial charge in [0.05, 0.1) is 0 Å². The first kappa shape index (κ1) is 11.2. The topological polar surface area (TPSA) is 55.7 Å². The molecule has 0 aromatic heterocycles. The van der Waals surface area contributed by atoms with E-state index in [0.717, 1.165) is 44.7 Å². The summed E-state index contributed by atoms with van der Waals surface area (Å²) in [5, 5.41) is 22.1. The van der Waals surface area contributed by atoms with Gasteiger partial charge in [0, 0.05) is 38.8 Å². The number of piperazine rings is 1. The smallest absolute Gasteiger partial charge is 0.122 e. The summed E-state index contributed by atoms with van der Waals surface area (Å²) in [6, 6.07) is 4.80. The number of phenolic OH excluding ortho intramolecular Hbond substituents is 2. The molecule has 1 aliphatic heterocycles. The van der Waals surface area contributed by atoms with Crippen LogP contribution in [0.5, 0.6) is 11.5 Å². The SMILES string of the molecule is Oc1ccc(CCN2CCNCC2)c(O)c1. The van der Waals surface area contributed by atoms with E-state index < -0.39 is 0 Å². The van der Waals surface area contributed by atoms with Crippen molar-refractivity contribution in [3.05, 3.63) is 23.8 Å². The summed E-state index contributed by atoms with van der Waals surface area (Å²) in [5.74, 6) is 0.304. The highest BCUT2D eigenvalue weighted by Crippen LogP contribution is 2.22. The molecule has 1 aliphatic rings. The average Bonchev–Trinajstić information content (AvgIpc) is 2.29.